The van der Waals surface area contributed by atoms with Crippen molar-refractivity contribution in [3.05, 3.63) is 119 Å². The molecule has 5 aromatic rings. The molecular weight excluding hydrogens is 576 g/mol. The minimum atomic E-state index is -3.57. The number of nitrogens with zero attached hydrogens (tertiary/aromatic N) is 2. The molecule has 9 heteroatoms. The maximum Gasteiger partial charge on any atom is 0.237 e. The van der Waals surface area contributed by atoms with Gasteiger partial charge in [-0.25, -0.2) is 17.4 Å². The molecule has 226 valence electrons. The monoisotopic (exact) mass is 610 g/mol. The number of aliphatic hydroxyl groups excluding tert-OH is 1. The van der Waals surface area contributed by atoms with Gasteiger partial charge < -0.3 is 19.3 Å². The number of aryl methyl sites for hydroxylation is 2. The summed E-state index contributed by atoms with van der Waals surface area (Å²) in [4.78, 5) is 4.51. The molecule has 0 saturated carbocycles. The number of benzene rings is 4. The fourth-order valence-electron chi connectivity index (χ4n) is 5.91. The Morgan fingerprint density at radius 3 is 2.48 bits per heavy atom. The first kappa shape index (κ1) is 29.3. The van der Waals surface area contributed by atoms with Crippen molar-refractivity contribution in [2.24, 2.45) is 0 Å². The molecule has 2 heterocycles. The van der Waals surface area contributed by atoms with Crippen molar-refractivity contribution < 1.29 is 27.7 Å². The molecule has 0 radical (unpaired) electrons. The Kier molecular flexibility index (Phi) is 7.82. The second kappa shape index (κ2) is 11.7. The number of ether oxygens (including phenoxy) is 3. The molecule has 44 heavy (non-hydrogen) atoms. The maximum atomic E-state index is 12.5. The van der Waals surface area contributed by atoms with Crippen LogP contribution in [0, 0.1) is 13.8 Å². The number of fused-ring (bicyclic) bond motifs is 2. The molecule has 0 fully saturated rings. The third-order valence-electron chi connectivity index (χ3n) is 7.76. The van der Waals surface area contributed by atoms with E-state index in [-0.39, 0.29) is 18.3 Å². The highest BCUT2D eigenvalue weighted by atomic mass is 32.2. The van der Waals surface area contributed by atoms with Crippen LogP contribution in [0.2, 0.25) is 0 Å². The predicted molar refractivity (Wildman–Crippen MR) is 171 cm³/mol. The van der Waals surface area contributed by atoms with Gasteiger partial charge in [0.2, 0.25) is 10.0 Å². The van der Waals surface area contributed by atoms with E-state index in [1.807, 2.05) is 62.4 Å². The molecular formula is C35H34N2O6S. The first-order valence-electron chi connectivity index (χ1n) is 14.3. The SMILES string of the molecule is C=C(O)CC1COc2cc(OCc3cccc(-c4c(C)cc(OCc5nc6ccccc6n5S(C)(=O)=O)cc4C)c3)ccc21. The quantitative estimate of drug-likeness (QED) is 0.167. The summed E-state index contributed by atoms with van der Waals surface area (Å²) in [5.74, 6) is 2.73. The van der Waals surface area contributed by atoms with Crippen molar-refractivity contribution >= 4 is 21.1 Å². The van der Waals surface area contributed by atoms with Crippen LogP contribution in [-0.2, 0) is 23.2 Å². The van der Waals surface area contributed by atoms with Crippen molar-refractivity contribution in [2.45, 2.75) is 39.4 Å². The molecule has 0 saturated heterocycles. The summed E-state index contributed by atoms with van der Waals surface area (Å²) in [6, 6.07) is 25.1. The number of aliphatic hydroxyl groups is 1. The molecule has 1 aliphatic heterocycles. The fraction of sp³-hybridized carbons (Fsp3) is 0.229. The van der Waals surface area contributed by atoms with E-state index in [1.165, 1.54) is 10.2 Å². The first-order valence-corrected chi connectivity index (χ1v) is 16.2. The number of imidazole rings is 1. The Morgan fingerprint density at radius 1 is 0.977 bits per heavy atom. The van der Waals surface area contributed by atoms with Gasteiger partial charge in [0.1, 0.15) is 30.5 Å². The average Bonchev–Trinajstić information content (AvgIpc) is 3.55. The molecule has 1 N–H and O–H groups in total. The summed E-state index contributed by atoms with van der Waals surface area (Å²) in [6.07, 6.45) is 1.65. The van der Waals surface area contributed by atoms with Crippen LogP contribution in [0.25, 0.3) is 22.2 Å². The minimum absolute atomic E-state index is 0.0118. The van der Waals surface area contributed by atoms with Gasteiger partial charge in [-0.05, 0) is 78.1 Å². The van der Waals surface area contributed by atoms with Crippen LogP contribution < -0.4 is 14.2 Å². The molecule has 0 spiro atoms. The largest absolute Gasteiger partial charge is 0.513 e. The van der Waals surface area contributed by atoms with E-state index in [4.69, 9.17) is 14.2 Å². The Morgan fingerprint density at radius 2 is 1.73 bits per heavy atom. The fourth-order valence-corrected chi connectivity index (χ4v) is 6.90. The lowest BCUT2D eigenvalue weighted by molar-refractivity contribution is 0.295. The lowest BCUT2D eigenvalue weighted by Crippen LogP contribution is -2.15. The number of hydrogen-bond donors (Lipinski definition) is 1. The molecule has 6 rings (SSSR count). The molecule has 1 atom stereocenters. The van der Waals surface area contributed by atoms with Crippen LogP contribution in [0.4, 0.5) is 0 Å². The van der Waals surface area contributed by atoms with E-state index in [0.717, 1.165) is 44.9 Å². The Balaban J connectivity index is 1.16. The molecule has 1 aliphatic rings. The van der Waals surface area contributed by atoms with Crippen LogP contribution in [0.5, 0.6) is 17.2 Å². The van der Waals surface area contributed by atoms with E-state index in [1.54, 1.807) is 18.2 Å². The van der Waals surface area contributed by atoms with Crippen molar-refractivity contribution in [2.75, 3.05) is 12.9 Å². The highest BCUT2D eigenvalue weighted by molar-refractivity contribution is 7.89. The van der Waals surface area contributed by atoms with E-state index >= 15 is 0 Å². The second-order valence-electron chi connectivity index (χ2n) is 11.2. The van der Waals surface area contributed by atoms with E-state index in [9.17, 15) is 13.5 Å². The lowest BCUT2D eigenvalue weighted by Gasteiger charge is -2.15. The topological polar surface area (TPSA) is 99.9 Å². The first-order chi connectivity index (χ1) is 21.1. The summed E-state index contributed by atoms with van der Waals surface area (Å²) >= 11 is 0. The van der Waals surface area contributed by atoms with Crippen LogP contribution in [-0.4, -0.2) is 35.3 Å². The van der Waals surface area contributed by atoms with Gasteiger partial charge >= 0.3 is 0 Å². The van der Waals surface area contributed by atoms with E-state index in [0.29, 0.717) is 42.2 Å². The highest BCUT2D eigenvalue weighted by Gasteiger charge is 2.25. The zero-order valence-electron chi connectivity index (χ0n) is 24.9. The van der Waals surface area contributed by atoms with Crippen molar-refractivity contribution in [1.29, 1.82) is 0 Å². The molecule has 4 aromatic carbocycles. The molecule has 1 unspecified atom stereocenters. The lowest BCUT2D eigenvalue weighted by atomic mass is 9.94. The highest BCUT2D eigenvalue weighted by Crippen LogP contribution is 2.39. The predicted octanol–water partition coefficient (Wildman–Crippen LogP) is 7.22. The molecule has 0 aliphatic carbocycles. The van der Waals surface area contributed by atoms with Gasteiger partial charge in [-0.2, -0.15) is 0 Å². The zero-order chi connectivity index (χ0) is 31.0. The number of aromatic nitrogens is 2. The van der Waals surface area contributed by atoms with Crippen molar-refractivity contribution in [3.8, 4) is 28.4 Å². The minimum Gasteiger partial charge on any atom is -0.513 e. The molecule has 1 aromatic heterocycles. The van der Waals surface area contributed by atoms with Gasteiger partial charge in [0.25, 0.3) is 0 Å². The third kappa shape index (κ3) is 6.01. The Hall–Kier alpha value is -4.76. The van der Waals surface area contributed by atoms with Crippen molar-refractivity contribution in [3.63, 3.8) is 0 Å². The van der Waals surface area contributed by atoms with Gasteiger partial charge in [0.05, 0.1) is 29.7 Å². The van der Waals surface area contributed by atoms with E-state index in [2.05, 4.69) is 23.7 Å². The molecule has 0 amide bonds. The molecule has 8 nitrogen and oxygen atoms in total. The van der Waals surface area contributed by atoms with Crippen LogP contribution in [0.15, 0.2) is 91.2 Å². The summed E-state index contributed by atoms with van der Waals surface area (Å²) in [6.45, 7) is 8.60. The summed E-state index contributed by atoms with van der Waals surface area (Å²) in [5, 5.41) is 9.58. The van der Waals surface area contributed by atoms with Crippen LogP contribution >= 0.6 is 0 Å². The average molecular weight is 611 g/mol. The van der Waals surface area contributed by atoms with Gasteiger partial charge in [-0.15, -0.1) is 0 Å². The smallest absolute Gasteiger partial charge is 0.237 e. The zero-order valence-corrected chi connectivity index (χ0v) is 25.7. The maximum absolute atomic E-state index is 12.5. The van der Waals surface area contributed by atoms with Gasteiger partial charge in [0, 0.05) is 24.0 Å². The van der Waals surface area contributed by atoms with Gasteiger partial charge in [-0.3, -0.25) is 0 Å². The summed E-state index contributed by atoms with van der Waals surface area (Å²) in [7, 11) is -3.57. The molecule has 0 bridgehead atoms. The third-order valence-corrected chi connectivity index (χ3v) is 8.83. The number of para-hydroxylation sites is 2. The van der Waals surface area contributed by atoms with E-state index < -0.39 is 10.0 Å². The second-order valence-corrected chi connectivity index (χ2v) is 13.1. The van der Waals surface area contributed by atoms with Gasteiger partial charge in [0.15, 0.2) is 5.82 Å². The van der Waals surface area contributed by atoms with Crippen LogP contribution in [0.1, 0.15) is 40.4 Å². The summed E-state index contributed by atoms with van der Waals surface area (Å²) < 4.78 is 44.3. The van der Waals surface area contributed by atoms with Gasteiger partial charge in [-0.1, -0.05) is 43.0 Å². The number of allylic oxidation sites excluding steroid dienone is 1. The Bertz CT molecular complexity index is 1970. The standard InChI is InChI=1S/C35H34N2O6S/c1-22-14-29(42-21-34-36-31-10-5-6-11-32(31)37(34)44(4,39)40)15-23(2)35(22)26-9-7-8-25(17-26)19-41-28-12-13-30-27(16-24(3)38)20-43-33(30)18-28/h5-15,17-18,27,38H,3,16,19-21H2,1-2,4H3. The van der Waals surface area contributed by atoms with Crippen molar-refractivity contribution in [1.82, 2.24) is 8.96 Å². The Labute approximate surface area is 257 Å². The number of rotatable bonds is 10. The number of hydrogen-bond acceptors (Lipinski definition) is 7. The van der Waals surface area contributed by atoms with Crippen LogP contribution in [0.3, 0.4) is 0 Å². The normalized spacial score (nSPS) is 14.3. The summed E-state index contributed by atoms with van der Waals surface area (Å²) in [5.41, 5.74) is 7.45.